The minimum Gasteiger partial charge on any atom is -0.298 e. The average Bonchev–Trinajstić information content (AvgIpc) is 2.89. The first-order chi connectivity index (χ1) is 11.6. The lowest BCUT2D eigenvalue weighted by Gasteiger charge is -2.08. The highest BCUT2D eigenvalue weighted by atomic mass is 35.5. The Labute approximate surface area is 141 Å². The third-order valence-corrected chi connectivity index (χ3v) is 4.01. The van der Waals surface area contributed by atoms with E-state index in [0.29, 0.717) is 23.7 Å². The first kappa shape index (κ1) is 16.1. The number of carbonyl (C=O) groups excluding carboxylic acids is 2. The fraction of sp³-hybridized carbons (Fsp3) is 0. The molecule has 0 spiro atoms. The van der Waals surface area contributed by atoms with E-state index in [4.69, 9.17) is 11.6 Å². The summed E-state index contributed by atoms with van der Waals surface area (Å²) in [5.74, 6) is -2.10. The van der Waals surface area contributed by atoms with Gasteiger partial charge in [-0.05, 0) is 17.7 Å². The summed E-state index contributed by atoms with van der Waals surface area (Å²) in [5, 5.41) is -0.0445. The van der Waals surface area contributed by atoms with Crippen molar-refractivity contribution in [1.82, 2.24) is 4.57 Å². The molecule has 1 aromatic heterocycles. The predicted molar refractivity (Wildman–Crippen MR) is 86.9 cm³/mol. The number of nitrogens with zero attached hydrogens (tertiary/aromatic N) is 1. The Hall–Kier alpha value is -2.79. The van der Waals surface area contributed by atoms with E-state index in [9.17, 15) is 18.4 Å². The maximum Gasteiger partial charge on any atom is 0.167 e. The molecule has 1 heterocycles. The zero-order chi connectivity index (χ0) is 17.3. The molecular weight excluding hydrogens is 336 g/mol. The van der Waals surface area contributed by atoms with Crippen molar-refractivity contribution in [2.75, 3.05) is 0 Å². The maximum atomic E-state index is 13.6. The lowest BCUT2D eigenvalue weighted by Crippen LogP contribution is -2.01. The number of benzene rings is 2. The van der Waals surface area contributed by atoms with Crippen LogP contribution in [-0.2, 0) is 0 Å². The van der Waals surface area contributed by atoms with E-state index in [-0.39, 0.29) is 22.1 Å². The molecule has 0 fully saturated rings. The van der Waals surface area contributed by atoms with Crippen LogP contribution < -0.4 is 0 Å². The first-order valence-electron chi connectivity index (χ1n) is 6.94. The van der Waals surface area contributed by atoms with Crippen LogP contribution in [0.15, 0.2) is 48.5 Å². The molecule has 0 saturated carbocycles. The van der Waals surface area contributed by atoms with Crippen LogP contribution in [0.4, 0.5) is 8.78 Å². The molecule has 24 heavy (non-hydrogen) atoms. The SMILES string of the molecule is O=Cc1c(-c2ccccc2)c(C=O)n(-c2ccc(F)c(F)c2)c1Cl. The normalized spacial score (nSPS) is 10.6. The molecule has 3 rings (SSSR count). The van der Waals surface area contributed by atoms with Gasteiger partial charge in [-0.1, -0.05) is 41.9 Å². The molecule has 0 amide bonds. The Bertz CT molecular complexity index is 936. The topological polar surface area (TPSA) is 39.1 Å². The molecule has 0 N–H and O–H groups in total. The molecule has 2 aromatic carbocycles. The van der Waals surface area contributed by atoms with Gasteiger partial charge in [-0.15, -0.1) is 0 Å². The summed E-state index contributed by atoms with van der Waals surface area (Å²) in [6, 6.07) is 11.9. The highest BCUT2D eigenvalue weighted by Crippen LogP contribution is 2.36. The second-order valence-electron chi connectivity index (χ2n) is 5.00. The lowest BCUT2D eigenvalue weighted by molar-refractivity contribution is 0.111. The Kier molecular flexibility index (Phi) is 4.27. The number of hydrogen-bond donors (Lipinski definition) is 0. The number of aromatic nitrogens is 1. The van der Waals surface area contributed by atoms with Crippen molar-refractivity contribution in [2.24, 2.45) is 0 Å². The fourth-order valence-corrected chi connectivity index (χ4v) is 2.91. The van der Waals surface area contributed by atoms with E-state index in [1.165, 1.54) is 10.6 Å². The molecular formula is C18H10ClF2NO2. The van der Waals surface area contributed by atoms with E-state index in [2.05, 4.69) is 0 Å². The van der Waals surface area contributed by atoms with Gasteiger partial charge in [-0.25, -0.2) is 8.78 Å². The molecule has 3 aromatic rings. The minimum absolute atomic E-state index is 0.0445. The van der Waals surface area contributed by atoms with Crippen LogP contribution in [0.1, 0.15) is 20.8 Å². The van der Waals surface area contributed by atoms with Gasteiger partial charge in [0.25, 0.3) is 0 Å². The summed E-state index contributed by atoms with van der Waals surface area (Å²) in [7, 11) is 0. The molecule has 0 aliphatic rings. The highest BCUT2D eigenvalue weighted by Gasteiger charge is 2.23. The average molecular weight is 346 g/mol. The maximum absolute atomic E-state index is 13.6. The van der Waals surface area contributed by atoms with Crippen molar-refractivity contribution in [3.63, 3.8) is 0 Å². The van der Waals surface area contributed by atoms with Gasteiger partial charge in [0, 0.05) is 11.6 Å². The predicted octanol–water partition coefficient (Wildman–Crippen LogP) is 4.70. The van der Waals surface area contributed by atoms with Gasteiger partial charge in [-0.2, -0.15) is 0 Å². The fourth-order valence-electron chi connectivity index (χ4n) is 2.58. The molecule has 0 radical (unpaired) electrons. The van der Waals surface area contributed by atoms with Crippen LogP contribution in [0.5, 0.6) is 0 Å². The zero-order valence-electron chi connectivity index (χ0n) is 12.2. The van der Waals surface area contributed by atoms with E-state index in [1.807, 2.05) is 0 Å². The van der Waals surface area contributed by atoms with Crippen molar-refractivity contribution in [2.45, 2.75) is 0 Å². The van der Waals surface area contributed by atoms with E-state index >= 15 is 0 Å². The van der Waals surface area contributed by atoms with E-state index in [0.717, 1.165) is 12.1 Å². The summed E-state index contributed by atoms with van der Waals surface area (Å²) >= 11 is 6.25. The van der Waals surface area contributed by atoms with Gasteiger partial charge in [0.15, 0.2) is 24.2 Å². The molecule has 6 heteroatoms. The molecule has 120 valence electrons. The second-order valence-corrected chi connectivity index (χ2v) is 5.36. The third-order valence-electron chi connectivity index (χ3n) is 3.64. The largest absolute Gasteiger partial charge is 0.298 e. The van der Waals surface area contributed by atoms with Crippen LogP contribution >= 0.6 is 11.6 Å². The quantitative estimate of drug-likeness (QED) is 0.643. The third kappa shape index (κ3) is 2.53. The Morgan fingerprint density at radius 3 is 2.21 bits per heavy atom. The number of carbonyl (C=O) groups is 2. The molecule has 0 aliphatic heterocycles. The summed E-state index contributed by atoms with van der Waals surface area (Å²) in [6.07, 6.45) is 1.07. The molecule has 0 atom stereocenters. The molecule has 0 unspecified atom stereocenters. The first-order valence-corrected chi connectivity index (χ1v) is 7.31. The lowest BCUT2D eigenvalue weighted by atomic mass is 10.0. The Balaban J connectivity index is 2.35. The smallest absolute Gasteiger partial charge is 0.167 e. The Morgan fingerprint density at radius 2 is 1.62 bits per heavy atom. The number of hydrogen-bond acceptors (Lipinski definition) is 2. The van der Waals surface area contributed by atoms with E-state index in [1.54, 1.807) is 30.3 Å². The van der Waals surface area contributed by atoms with Gasteiger partial charge < -0.3 is 0 Å². The van der Waals surface area contributed by atoms with Crippen LogP contribution in [-0.4, -0.2) is 17.1 Å². The Morgan fingerprint density at radius 1 is 0.917 bits per heavy atom. The summed E-state index contributed by atoms with van der Waals surface area (Å²) in [5.41, 5.74) is 1.29. The number of halogens is 3. The van der Waals surface area contributed by atoms with Crippen LogP contribution in [0, 0.1) is 11.6 Å². The molecule has 0 bridgehead atoms. The highest BCUT2D eigenvalue weighted by molar-refractivity contribution is 6.33. The van der Waals surface area contributed by atoms with E-state index < -0.39 is 11.6 Å². The monoisotopic (exact) mass is 345 g/mol. The minimum atomic E-state index is -1.08. The number of aldehydes is 2. The van der Waals surface area contributed by atoms with Crippen LogP contribution in [0.3, 0.4) is 0 Å². The van der Waals surface area contributed by atoms with Gasteiger partial charge >= 0.3 is 0 Å². The zero-order valence-corrected chi connectivity index (χ0v) is 12.9. The van der Waals surface area contributed by atoms with Crippen LogP contribution in [0.2, 0.25) is 5.15 Å². The summed E-state index contributed by atoms with van der Waals surface area (Å²) in [4.78, 5) is 23.2. The van der Waals surface area contributed by atoms with Gasteiger partial charge in [0.2, 0.25) is 0 Å². The van der Waals surface area contributed by atoms with Gasteiger partial charge in [-0.3, -0.25) is 14.2 Å². The van der Waals surface area contributed by atoms with Crippen molar-refractivity contribution in [3.05, 3.63) is 76.6 Å². The molecule has 0 aliphatic carbocycles. The van der Waals surface area contributed by atoms with Gasteiger partial charge in [0.1, 0.15) is 5.15 Å². The standard InChI is InChI=1S/C18H10ClF2NO2/c19-18-13(9-23)17(11-4-2-1-3-5-11)16(10-24)22(18)12-6-7-14(20)15(21)8-12/h1-10H. The number of rotatable bonds is 4. The van der Waals surface area contributed by atoms with Crippen molar-refractivity contribution in [1.29, 1.82) is 0 Å². The summed E-state index contributed by atoms with van der Waals surface area (Å²) in [6.45, 7) is 0. The van der Waals surface area contributed by atoms with Gasteiger partial charge in [0.05, 0.1) is 16.9 Å². The van der Waals surface area contributed by atoms with Crippen molar-refractivity contribution in [3.8, 4) is 16.8 Å². The van der Waals surface area contributed by atoms with Crippen molar-refractivity contribution < 1.29 is 18.4 Å². The van der Waals surface area contributed by atoms with Crippen molar-refractivity contribution >= 4 is 24.2 Å². The molecule has 0 saturated heterocycles. The summed E-state index contributed by atoms with van der Waals surface area (Å²) < 4.78 is 28.0. The van der Waals surface area contributed by atoms with Crippen LogP contribution in [0.25, 0.3) is 16.8 Å². The second kappa shape index (κ2) is 6.37. The molecule has 3 nitrogen and oxygen atoms in total.